The van der Waals surface area contributed by atoms with Crippen molar-refractivity contribution in [1.29, 1.82) is 0 Å². The van der Waals surface area contributed by atoms with Gasteiger partial charge in [0.05, 0.1) is 12.0 Å². The summed E-state index contributed by atoms with van der Waals surface area (Å²) in [7, 11) is 0. The molecule has 3 aromatic rings. The first-order valence-electron chi connectivity index (χ1n) is 8.83. The number of fused-ring (bicyclic) bond motifs is 2. The summed E-state index contributed by atoms with van der Waals surface area (Å²) in [6, 6.07) is 22.6. The molecule has 126 valence electrons. The van der Waals surface area contributed by atoms with Crippen LogP contribution in [-0.2, 0) is 11.2 Å². The molecule has 0 spiro atoms. The first-order valence-corrected chi connectivity index (χ1v) is 8.83. The fraction of sp³-hybridized carbons (Fsp3) is 0.227. The Morgan fingerprint density at radius 2 is 1.80 bits per heavy atom. The molecule has 0 radical (unpaired) electrons. The molecule has 1 unspecified atom stereocenters. The van der Waals surface area contributed by atoms with Gasteiger partial charge in [-0.3, -0.25) is 4.79 Å². The summed E-state index contributed by atoms with van der Waals surface area (Å²) in [5, 5.41) is 5.52. The Bertz CT molecular complexity index is 919. The number of amides is 1. The van der Waals surface area contributed by atoms with E-state index in [1.54, 1.807) is 0 Å². The van der Waals surface area contributed by atoms with Gasteiger partial charge in [0, 0.05) is 6.54 Å². The van der Waals surface area contributed by atoms with E-state index < -0.39 is 0 Å². The third-order valence-electron chi connectivity index (χ3n) is 5.18. The lowest BCUT2D eigenvalue weighted by molar-refractivity contribution is -0.123. The highest BCUT2D eigenvalue weighted by atomic mass is 16.1. The molecule has 2 atom stereocenters. The summed E-state index contributed by atoms with van der Waals surface area (Å²) >= 11 is 0. The first-order chi connectivity index (χ1) is 12.3. The quantitative estimate of drug-likeness (QED) is 0.766. The van der Waals surface area contributed by atoms with Gasteiger partial charge in [0.1, 0.15) is 0 Å². The Morgan fingerprint density at radius 1 is 1.04 bits per heavy atom. The maximum Gasteiger partial charge on any atom is 0.228 e. The molecule has 1 aliphatic rings. The Morgan fingerprint density at radius 3 is 2.64 bits per heavy atom. The van der Waals surface area contributed by atoms with E-state index in [4.69, 9.17) is 5.73 Å². The van der Waals surface area contributed by atoms with Crippen molar-refractivity contribution in [1.82, 2.24) is 5.32 Å². The van der Waals surface area contributed by atoms with Crippen LogP contribution in [0.25, 0.3) is 10.8 Å². The van der Waals surface area contributed by atoms with Crippen LogP contribution < -0.4 is 11.1 Å². The predicted octanol–water partition coefficient (Wildman–Crippen LogP) is 3.69. The second kappa shape index (κ2) is 6.69. The van der Waals surface area contributed by atoms with Gasteiger partial charge in [-0.1, -0.05) is 60.7 Å². The summed E-state index contributed by atoms with van der Waals surface area (Å²) in [6.45, 7) is 0.387. The highest BCUT2D eigenvalue weighted by Crippen LogP contribution is 2.33. The lowest BCUT2D eigenvalue weighted by atomic mass is 9.98. The standard InChI is InChI=1S/C22H22N2O/c23-14-21(18-10-9-15-5-1-2-7-17(15)13-18)24-22(25)20-12-11-16-6-3-4-8-19(16)20/h1-10,13,20-21H,11-12,14,23H2,(H,24,25)/t20-,21?/m1/s1. The van der Waals surface area contributed by atoms with E-state index in [2.05, 4.69) is 47.8 Å². The molecular formula is C22H22N2O. The second-order valence-electron chi connectivity index (χ2n) is 6.69. The average Bonchev–Trinajstić information content (AvgIpc) is 3.10. The zero-order chi connectivity index (χ0) is 17.2. The van der Waals surface area contributed by atoms with Gasteiger partial charge in [-0.2, -0.15) is 0 Å². The molecule has 25 heavy (non-hydrogen) atoms. The molecule has 3 nitrogen and oxygen atoms in total. The molecule has 0 saturated heterocycles. The summed E-state index contributed by atoms with van der Waals surface area (Å²) in [5.74, 6) is 0.0132. The Hall–Kier alpha value is -2.65. The minimum absolute atomic E-state index is 0.0642. The average molecular weight is 330 g/mol. The smallest absolute Gasteiger partial charge is 0.228 e. The summed E-state index contributed by atoms with van der Waals surface area (Å²) < 4.78 is 0. The number of nitrogens with one attached hydrogen (secondary N) is 1. The van der Waals surface area contributed by atoms with Crippen molar-refractivity contribution in [2.45, 2.75) is 24.8 Å². The van der Waals surface area contributed by atoms with Gasteiger partial charge in [-0.25, -0.2) is 0 Å². The van der Waals surface area contributed by atoms with E-state index in [0.717, 1.165) is 24.0 Å². The van der Waals surface area contributed by atoms with Crippen LogP contribution in [0.3, 0.4) is 0 Å². The van der Waals surface area contributed by atoms with Crippen LogP contribution >= 0.6 is 0 Å². The summed E-state index contributed by atoms with van der Waals surface area (Å²) in [5.41, 5.74) is 9.48. The van der Waals surface area contributed by atoms with E-state index in [0.29, 0.717) is 6.54 Å². The zero-order valence-corrected chi connectivity index (χ0v) is 14.1. The fourth-order valence-electron chi connectivity index (χ4n) is 3.80. The summed E-state index contributed by atoms with van der Waals surface area (Å²) in [6.07, 6.45) is 1.84. The van der Waals surface area contributed by atoms with Crippen molar-refractivity contribution in [3.63, 3.8) is 0 Å². The third-order valence-corrected chi connectivity index (χ3v) is 5.18. The van der Waals surface area contributed by atoms with E-state index in [1.165, 1.54) is 16.3 Å². The van der Waals surface area contributed by atoms with E-state index >= 15 is 0 Å². The number of rotatable bonds is 4. The Kier molecular flexibility index (Phi) is 4.24. The topological polar surface area (TPSA) is 55.1 Å². The van der Waals surface area contributed by atoms with Crippen LogP contribution in [-0.4, -0.2) is 12.5 Å². The minimum Gasteiger partial charge on any atom is -0.347 e. The largest absolute Gasteiger partial charge is 0.347 e. The van der Waals surface area contributed by atoms with Gasteiger partial charge in [0.25, 0.3) is 0 Å². The predicted molar refractivity (Wildman–Crippen MR) is 101 cm³/mol. The molecule has 1 aliphatic carbocycles. The number of carbonyl (C=O) groups is 1. The van der Waals surface area contributed by atoms with Crippen LogP contribution in [0.2, 0.25) is 0 Å². The van der Waals surface area contributed by atoms with Crippen molar-refractivity contribution in [3.8, 4) is 0 Å². The van der Waals surface area contributed by atoms with Gasteiger partial charge in [0.15, 0.2) is 0 Å². The van der Waals surface area contributed by atoms with Gasteiger partial charge in [0.2, 0.25) is 5.91 Å². The number of nitrogens with two attached hydrogens (primary N) is 1. The number of benzene rings is 3. The Labute approximate surface area is 147 Å². The third kappa shape index (κ3) is 3.03. The first kappa shape index (κ1) is 15.9. The lowest BCUT2D eigenvalue weighted by Crippen LogP contribution is -2.36. The molecule has 0 saturated carbocycles. The molecule has 0 fully saturated rings. The zero-order valence-electron chi connectivity index (χ0n) is 14.1. The van der Waals surface area contributed by atoms with Crippen molar-refractivity contribution in [3.05, 3.63) is 83.4 Å². The monoisotopic (exact) mass is 330 g/mol. The SMILES string of the molecule is NCC(NC(=O)[C@@H]1CCc2ccccc21)c1ccc2ccccc2c1. The van der Waals surface area contributed by atoms with Crippen LogP contribution in [0.5, 0.6) is 0 Å². The van der Waals surface area contributed by atoms with Crippen LogP contribution in [0, 0.1) is 0 Å². The van der Waals surface area contributed by atoms with Crippen molar-refractivity contribution < 1.29 is 4.79 Å². The summed E-state index contributed by atoms with van der Waals surface area (Å²) in [4.78, 5) is 12.8. The van der Waals surface area contributed by atoms with E-state index in [1.807, 2.05) is 24.3 Å². The van der Waals surface area contributed by atoms with Gasteiger partial charge in [-0.05, 0) is 46.4 Å². The maximum absolute atomic E-state index is 12.8. The molecule has 3 aromatic carbocycles. The highest BCUT2D eigenvalue weighted by molar-refractivity contribution is 5.86. The fourth-order valence-corrected chi connectivity index (χ4v) is 3.80. The molecule has 4 rings (SSSR count). The van der Waals surface area contributed by atoms with Crippen LogP contribution in [0.1, 0.15) is 35.1 Å². The molecule has 0 aliphatic heterocycles. The van der Waals surface area contributed by atoms with Crippen LogP contribution in [0.4, 0.5) is 0 Å². The van der Waals surface area contributed by atoms with Gasteiger partial charge in [-0.15, -0.1) is 0 Å². The number of carbonyl (C=O) groups excluding carboxylic acids is 1. The molecule has 1 amide bonds. The molecule has 0 bridgehead atoms. The maximum atomic E-state index is 12.8. The normalized spacial score (nSPS) is 17.2. The van der Waals surface area contributed by atoms with Gasteiger partial charge >= 0.3 is 0 Å². The number of hydrogen-bond acceptors (Lipinski definition) is 2. The van der Waals surface area contributed by atoms with Gasteiger partial charge < -0.3 is 11.1 Å². The van der Waals surface area contributed by atoms with Crippen molar-refractivity contribution >= 4 is 16.7 Å². The number of hydrogen-bond donors (Lipinski definition) is 2. The van der Waals surface area contributed by atoms with Crippen molar-refractivity contribution in [2.75, 3.05) is 6.54 Å². The highest BCUT2D eigenvalue weighted by Gasteiger charge is 2.29. The van der Waals surface area contributed by atoms with Crippen LogP contribution in [0.15, 0.2) is 66.7 Å². The second-order valence-corrected chi connectivity index (χ2v) is 6.69. The number of aryl methyl sites for hydroxylation is 1. The molecule has 3 N–H and O–H groups in total. The molecule has 0 heterocycles. The molecular weight excluding hydrogens is 308 g/mol. The van der Waals surface area contributed by atoms with E-state index in [9.17, 15) is 4.79 Å². The van der Waals surface area contributed by atoms with Crippen molar-refractivity contribution in [2.24, 2.45) is 5.73 Å². The lowest BCUT2D eigenvalue weighted by Gasteiger charge is -2.21. The molecule has 0 aromatic heterocycles. The minimum atomic E-state index is -0.162. The Balaban J connectivity index is 1.56. The van der Waals surface area contributed by atoms with E-state index in [-0.39, 0.29) is 17.9 Å². The molecule has 3 heteroatoms.